The third-order valence-corrected chi connectivity index (χ3v) is 6.41. The molecule has 0 saturated carbocycles. The van der Waals surface area contributed by atoms with Crippen molar-refractivity contribution >= 4 is 22.1 Å². The second-order valence-electron chi connectivity index (χ2n) is 5.78. The summed E-state index contributed by atoms with van der Waals surface area (Å²) < 4.78 is 27.2. The molecule has 0 amide bonds. The Morgan fingerprint density at radius 3 is 2.65 bits per heavy atom. The van der Waals surface area contributed by atoms with Crippen LogP contribution in [0.2, 0.25) is 0 Å². The summed E-state index contributed by atoms with van der Waals surface area (Å²) >= 11 is 5.46. The van der Waals surface area contributed by atoms with E-state index in [1.807, 2.05) is 37.3 Å². The molecular formula is C14H20N5O2S2+. The van der Waals surface area contributed by atoms with Crippen LogP contribution in [0.15, 0.2) is 30.3 Å². The number of para-hydroxylation sites is 1. The van der Waals surface area contributed by atoms with Gasteiger partial charge < -0.3 is 4.90 Å². The van der Waals surface area contributed by atoms with Crippen LogP contribution in [0.1, 0.15) is 13.3 Å². The first-order valence-corrected chi connectivity index (χ1v) is 9.86. The van der Waals surface area contributed by atoms with Crippen molar-refractivity contribution in [3.05, 3.63) is 35.1 Å². The van der Waals surface area contributed by atoms with Gasteiger partial charge in [0.25, 0.3) is 0 Å². The van der Waals surface area contributed by atoms with E-state index in [9.17, 15) is 8.42 Å². The molecule has 7 nitrogen and oxygen atoms in total. The number of hydrogen-bond acceptors (Lipinski definition) is 5. The first-order valence-electron chi connectivity index (χ1n) is 7.63. The lowest BCUT2D eigenvalue weighted by Crippen LogP contribution is -3.15. The van der Waals surface area contributed by atoms with Crippen LogP contribution in [0.4, 0.5) is 0 Å². The van der Waals surface area contributed by atoms with Gasteiger partial charge in [0.2, 0.25) is 4.77 Å². The fourth-order valence-corrected chi connectivity index (χ4v) is 5.01. The van der Waals surface area contributed by atoms with Gasteiger partial charge in [0, 0.05) is 6.42 Å². The SMILES string of the molecule is CC[NH+](Cn1nnn(-c2ccccc2)c1=S)[C@@H]1CCS(=O)(=O)C1. The third-order valence-electron chi connectivity index (χ3n) is 4.26. The zero-order valence-corrected chi connectivity index (χ0v) is 14.6. The van der Waals surface area contributed by atoms with Gasteiger partial charge in [-0.15, -0.1) is 0 Å². The van der Waals surface area contributed by atoms with Crippen molar-refractivity contribution in [1.29, 1.82) is 0 Å². The van der Waals surface area contributed by atoms with Crippen molar-refractivity contribution in [1.82, 2.24) is 19.8 Å². The highest BCUT2D eigenvalue weighted by atomic mass is 32.2. The van der Waals surface area contributed by atoms with E-state index >= 15 is 0 Å². The molecule has 2 heterocycles. The highest BCUT2D eigenvalue weighted by Crippen LogP contribution is 2.09. The average Bonchev–Trinajstić information content (AvgIpc) is 3.08. The largest absolute Gasteiger partial charge is 0.313 e. The topological polar surface area (TPSA) is 74.2 Å². The van der Waals surface area contributed by atoms with Gasteiger partial charge >= 0.3 is 0 Å². The minimum Gasteiger partial charge on any atom is -0.313 e. The highest BCUT2D eigenvalue weighted by Gasteiger charge is 2.35. The molecule has 1 fully saturated rings. The zero-order chi connectivity index (χ0) is 16.4. The Morgan fingerprint density at radius 1 is 1.30 bits per heavy atom. The summed E-state index contributed by atoms with van der Waals surface area (Å²) in [6, 6.07) is 9.72. The molecule has 0 radical (unpaired) electrons. The molecule has 1 aromatic heterocycles. The lowest BCUT2D eigenvalue weighted by atomic mass is 10.2. The predicted octanol–water partition coefficient (Wildman–Crippen LogP) is -0.152. The summed E-state index contributed by atoms with van der Waals surface area (Å²) in [4.78, 5) is 1.17. The maximum absolute atomic E-state index is 11.7. The van der Waals surface area contributed by atoms with E-state index in [1.165, 1.54) is 4.90 Å². The molecule has 23 heavy (non-hydrogen) atoms. The van der Waals surface area contributed by atoms with Crippen LogP contribution in [0.25, 0.3) is 5.69 Å². The van der Waals surface area contributed by atoms with Crippen LogP contribution in [-0.4, -0.2) is 52.3 Å². The number of benzene rings is 1. The fraction of sp³-hybridized carbons (Fsp3) is 0.500. The third kappa shape index (κ3) is 3.51. The standard InChI is InChI=1S/C14H19N5O2S2/c1-2-17(13-8-9-23(20,21)10-13)11-18-14(22)19(16-15-18)12-6-4-3-5-7-12/h3-7,13H,2,8-11H2,1H3/p+1/t13-/m1/s1. The van der Waals surface area contributed by atoms with Gasteiger partial charge in [-0.3, -0.25) is 0 Å². The summed E-state index contributed by atoms with van der Waals surface area (Å²) in [7, 11) is -2.89. The number of rotatable bonds is 5. The molecule has 124 valence electrons. The van der Waals surface area contributed by atoms with Gasteiger partial charge in [-0.05, 0) is 41.7 Å². The summed E-state index contributed by atoms with van der Waals surface area (Å²) in [5.41, 5.74) is 0.866. The number of sulfone groups is 1. The Balaban J connectivity index is 1.80. The molecule has 0 bridgehead atoms. The summed E-state index contributed by atoms with van der Waals surface area (Å²) in [6.45, 7) is 3.40. The summed E-state index contributed by atoms with van der Waals surface area (Å²) in [5, 5.41) is 8.27. The number of nitrogens with one attached hydrogen (secondary N) is 1. The zero-order valence-electron chi connectivity index (χ0n) is 12.9. The van der Waals surface area contributed by atoms with Crippen LogP contribution in [0.5, 0.6) is 0 Å². The van der Waals surface area contributed by atoms with Gasteiger partial charge in [-0.1, -0.05) is 18.2 Å². The molecule has 1 aromatic carbocycles. The molecule has 0 spiro atoms. The molecule has 1 aliphatic heterocycles. The van der Waals surface area contributed by atoms with Crippen molar-refractivity contribution in [3.63, 3.8) is 0 Å². The van der Waals surface area contributed by atoms with E-state index in [-0.39, 0.29) is 17.5 Å². The van der Waals surface area contributed by atoms with Gasteiger partial charge in [0.15, 0.2) is 16.5 Å². The van der Waals surface area contributed by atoms with Crippen molar-refractivity contribution < 1.29 is 13.3 Å². The normalized spacial score (nSPS) is 21.3. The van der Waals surface area contributed by atoms with Crippen molar-refractivity contribution in [2.24, 2.45) is 0 Å². The van der Waals surface area contributed by atoms with E-state index in [0.29, 0.717) is 17.9 Å². The Kier molecular flexibility index (Phi) is 4.60. The average molecular weight is 354 g/mol. The molecule has 1 saturated heterocycles. The predicted molar refractivity (Wildman–Crippen MR) is 88.7 cm³/mol. The summed E-state index contributed by atoms with van der Waals surface area (Å²) in [6.07, 6.45) is 0.700. The minimum atomic E-state index is -2.89. The van der Waals surface area contributed by atoms with E-state index in [0.717, 1.165) is 12.2 Å². The molecule has 2 aromatic rings. The molecular weight excluding hydrogens is 334 g/mol. The van der Waals surface area contributed by atoms with Crippen LogP contribution in [-0.2, 0) is 16.5 Å². The Morgan fingerprint density at radius 2 is 2.04 bits per heavy atom. The Bertz CT molecular complexity index is 828. The van der Waals surface area contributed by atoms with Crippen LogP contribution >= 0.6 is 12.2 Å². The van der Waals surface area contributed by atoms with Gasteiger partial charge in [-0.25, -0.2) is 8.42 Å². The van der Waals surface area contributed by atoms with E-state index in [1.54, 1.807) is 9.36 Å². The van der Waals surface area contributed by atoms with Crippen molar-refractivity contribution in [2.45, 2.75) is 26.1 Å². The second-order valence-corrected chi connectivity index (χ2v) is 8.37. The smallest absolute Gasteiger partial charge is 0.225 e. The fourth-order valence-electron chi connectivity index (χ4n) is 2.94. The van der Waals surface area contributed by atoms with E-state index in [4.69, 9.17) is 12.2 Å². The van der Waals surface area contributed by atoms with Crippen LogP contribution in [0, 0.1) is 4.77 Å². The lowest BCUT2D eigenvalue weighted by molar-refractivity contribution is -0.943. The van der Waals surface area contributed by atoms with E-state index in [2.05, 4.69) is 10.4 Å². The van der Waals surface area contributed by atoms with Crippen molar-refractivity contribution in [2.75, 3.05) is 18.1 Å². The maximum Gasteiger partial charge on any atom is 0.225 e. The molecule has 0 aliphatic carbocycles. The lowest BCUT2D eigenvalue weighted by Gasteiger charge is -2.22. The monoisotopic (exact) mass is 354 g/mol. The number of hydrogen-bond donors (Lipinski definition) is 1. The first-order chi connectivity index (χ1) is 11.0. The number of quaternary nitrogens is 1. The minimum absolute atomic E-state index is 0.105. The van der Waals surface area contributed by atoms with Crippen molar-refractivity contribution in [3.8, 4) is 5.69 Å². The summed E-state index contributed by atoms with van der Waals surface area (Å²) in [5.74, 6) is 0.527. The van der Waals surface area contributed by atoms with E-state index < -0.39 is 9.84 Å². The van der Waals surface area contributed by atoms with Gasteiger partial charge in [0.1, 0.15) is 11.8 Å². The number of tetrazole rings is 1. The highest BCUT2D eigenvalue weighted by molar-refractivity contribution is 7.91. The Hall–Kier alpha value is -1.58. The molecule has 1 unspecified atom stereocenters. The number of aromatic nitrogens is 4. The Labute approximate surface area is 140 Å². The molecule has 3 rings (SSSR count). The first kappa shape index (κ1) is 16.3. The quantitative estimate of drug-likeness (QED) is 0.756. The molecule has 2 atom stereocenters. The van der Waals surface area contributed by atoms with Gasteiger partial charge in [-0.2, -0.15) is 9.36 Å². The second kappa shape index (κ2) is 6.50. The van der Waals surface area contributed by atoms with Gasteiger partial charge in [0.05, 0.1) is 18.0 Å². The molecule has 9 heteroatoms. The van der Waals surface area contributed by atoms with Crippen LogP contribution < -0.4 is 4.90 Å². The number of nitrogens with zero attached hydrogens (tertiary/aromatic N) is 4. The maximum atomic E-state index is 11.7. The molecule has 1 N–H and O–H groups in total. The molecule has 1 aliphatic rings. The van der Waals surface area contributed by atoms with Crippen LogP contribution in [0.3, 0.4) is 0 Å².